The zero-order chi connectivity index (χ0) is 19.5. The van der Waals surface area contributed by atoms with Gasteiger partial charge in [0, 0.05) is 25.2 Å². The predicted molar refractivity (Wildman–Crippen MR) is 105 cm³/mol. The number of anilines is 1. The molecule has 1 aromatic heterocycles. The summed E-state index contributed by atoms with van der Waals surface area (Å²) in [6, 6.07) is 8.57. The van der Waals surface area contributed by atoms with Gasteiger partial charge in [-0.1, -0.05) is 23.7 Å². The molecule has 2 fully saturated rings. The first kappa shape index (κ1) is 18.9. The molecule has 28 heavy (non-hydrogen) atoms. The average molecular weight is 385 g/mol. The smallest absolute Gasteiger partial charge is 0.319 e. The van der Waals surface area contributed by atoms with Crippen molar-refractivity contribution in [3.8, 4) is 11.5 Å². The van der Waals surface area contributed by atoms with Crippen LogP contribution in [0.25, 0.3) is 11.5 Å². The molecule has 2 N–H and O–H groups in total. The van der Waals surface area contributed by atoms with E-state index in [1.54, 1.807) is 7.11 Å². The van der Waals surface area contributed by atoms with Gasteiger partial charge < -0.3 is 24.8 Å². The highest BCUT2D eigenvalue weighted by molar-refractivity contribution is 5.93. The number of benzene rings is 1. The highest BCUT2D eigenvalue weighted by atomic mass is 16.5. The minimum Gasteiger partial charge on any atom is -0.377 e. The number of hydrogen-bond acceptors (Lipinski definition) is 6. The van der Waals surface area contributed by atoms with Crippen molar-refractivity contribution in [2.75, 3.05) is 19.5 Å². The maximum Gasteiger partial charge on any atom is 0.319 e. The number of ether oxygens (including phenoxy) is 1. The molecule has 2 bridgehead atoms. The number of amides is 2. The summed E-state index contributed by atoms with van der Waals surface area (Å²) in [6.07, 6.45) is 5.74. The van der Waals surface area contributed by atoms with Gasteiger partial charge in [-0.3, -0.25) is 0 Å². The van der Waals surface area contributed by atoms with Crippen molar-refractivity contribution in [2.24, 2.45) is 0 Å². The lowest BCUT2D eigenvalue weighted by atomic mass is 9.82. The number of nitrogens with one attached hydrogen (secondary N) is 2. The second-order valence-corrected chi connectivity index (χ2v) is 7.67. The summed E-state index contributed by atoms with van der Waals surface area (Å²) in [6.45, 7) is 0.276. The highest BCUT2D eigenvalue weighted by Crippen LogP contribution is 2.33. The molecule has 0 aliphatic carbocycles. The van der Waals surface area contributed by atoms with E-state index < -0.39 is 0 Å². The fraction of sp³-hybridized carbons (Fsp3) is 0.550. The zero-order valence-corrected chi connectivity index (χ0v) is 16.4. The lowest BCUT2D eigenvalue weighted by Crippen LogP contribution is -2.55. The first-order valence-electron chi connectivity index (χ1n) is 9.84. The number of hydrogen-bond donors (Lipinski definition) is 2. The molecule has 2 amide bonds. The van der Waals surface area contributed by atoms with Gasteiger partial charge >= 0.3 is 6.03 Å². The Morgan fingerprint density at radius 3 is 2.79 bits per heavy atom. The monoisotopic (exact) mass is 385 g/mol. The van der Waals surface area contributed by atoms with E-state index in [4.69, 9.17) is 9.26 Å². The SMILES string of the molecule is COCc1noc(-c2ccccc2NC(=O)NC2CC3CCCC(C2)N3C)n1. The van der Waals surface area contributed by atoms with Gasteiger partial charge in [-0.25, -0.2) is 4.79 Å². The van der Waals surface area contributed by atoms with Crippen molar-refractivity contribution in [2.45, 2.75) is 56.8 Å². The molecule has 0 spiro atoms. The van der Waals surface area contributed by atoms with Crippen LogP contribution >= 0.6 is 0 Å². The van der Waals surface area contributed by atoms with Gasteiger partial charge in [0.1, 0.15) is 6.61 Å². The Kier molecular flexibility index (Phi) is 5.59. The van der Waals surface area contributed by atoms with Gasteiger partial charge in [0.2, 0.25) is 0 Å². The molecule has 8 heteroatoms. The summed E-state index contributed by atoms with van der Waals surface area (Å²) in [7, 11) is 3.79. The molecule has 2 atom stereocenters. The molecular formula is C20H27N5O3. The molecule has 2 saturated heterocycles. The van der Waals surface area contributed by atoms with Crippen LogP contribution < -0.4 is 10.6 Å². The fourth-order valence-electron chi connectivity index (χ4n) is 4.41. The number of urea groups is 1. The Labute approximate surface area is 164 Å². The molecule has 150 valence electrons. The normalized spacial score (nSPS) is 24.7. The molecule has 2 aliphatic heterocycles. The van der Waals surface area contributed by atoms with Crippen LogP contribution in [0.3, 0.4) is 0 Å². The number of piperidine rings is 2. The fourth-order valence-corrected chi connectivity index (χ4v) is 4.41. The second-order valence-electron chi connectivity index (χ2n) is 7.67. The van der Waals surface area contributed by atoms with Crippen LogP contribution in [0.15, 0.2) is 28.8 Å². The number of nitrogens with zero attached hydrogens (tertiary/aromatic N) is 3. The van der Waals surface area contributed by atoms with Crippen molar-refractivity contribution in [1.82, 2.24) is 20.4 Å². The molecule has 3 heterocycles. The Morgan fingerprint density at radius 2 is 2.04 bits per heavy atom. The highest BCUT2D eigenvalue weighted by Gasteiger charge is 2.36. The average Bonchev–Trinajstić information content (AvgIpc) is 3.12. The third-order valence-corrected chi connectivity index (χ3v) is 5.82. The van der Waals surface area contributed by atoms with Crippen LogP contribution in [0.1, 0.15) is 37.9 Å². The summed E-state index contributed by atoms with van der Waals surface area (Å²) >= 11 is 0. The Bertz CT molecular complexity index is 810. The summed E-state index contributed by atoms with van der Waals surface area (Å²) in [5, 5.41) is 10.0. The zero-order valence-electron chi connectivity index (χ0n) is 16.4. The van der Waals surface area contributed by atoms with Crippen molar-refractivity contribution >= 4 is 11.7 Å². The quantitative estimate of drug-likeness (QED) is 0.822. The van der Waals surface area contributed by atoms with E-state index in [-0.39, 0.29) is 18.7 Å². The molecule has 4 rings (SSSR count). The number of aromatic nitrogens is 2. The summed E-state index contributed by atoms with van der Waals surface area (Å²) in [5.41, 5.74) is 1.33. The second kappa shape index (κ2) is 8.28. The summed E-state index contributed by atoms with van der Waals surface area (Å²) in [5.74, 6) is 0.825. The molecule has 2 unspecified atom stereocenters. The van der Waals surface area contributed by atoms with Crippen molar-refractivity contribution < 1.29 is 14.1 Å². The lowest BCUT2D eigenvalue weighted by Gasteiger charge is -2.47. The molecular weight excluding hydrogens is 358 g/mol. The van der Waals surface area contributed by atoms with E-state index in [0.717, 1.165) is 12.8 Å². The number of fused-ring (bicyclic) bond motifs is 2. The number of carbonyl (C=O) groups is 1. The molecule has 2 aliphatic rings. The summed E-state index contributed by atoms with van der Waals surface area (Å²) in [4.78, 5) is 19.5. The Balaban J connectivity index is 1.42. The topological polar surface area (TPSA) is 92.5 Å². The van der Waals surface area contributed by atoms with Gasteiger partial charge in [0.25, 0.3) is 5.89 Å². The standard InChI is InChI=1S/C20H27N5O3/c1-25-14-6-5-7-15(25)11-13(10-14)21-20(26)22-17-9-4-3-8-16(17)19-23-18(12-27-2)24-28-19/h3-4,8-9,13-15H,5-7,10-12H2,1-2H3,(H2,21,22,26). The van der Waals surface area contributed by atoms with Crippen molar-refractivity contribution in [3.63, 3.8) is 0 Å². The first-order valence-corrected chi connectivity index (χ1v) is 9.84. The molecule has 8 nitrogen and oxygen atoms in total. The molecule has 1 aromatic carbocycles. The van der Waals surface area contributed by atoms with E-state index >= 15 is 0 Å². The van der Waals surface area contributed by atoms with Crippen LogP contribution in [0.4, 0.5) is 10.5 Å². The van der Waals surface area contributed by atoms with Gasteiger partial charge in [-0.15, -0.1) is 0 Å². The van der Waals surface area contributed by atoms with Gasteiger partial charge in [0.05, 0.1) is 11.3 Å². The van der Waals surface area contributed by atoms with Crippen LogP contribution in [0.5, 0.6) is 0 Å². The predicted octanol–water partition coefficient (Wildman–Crippen LogP) is 3.02. The van der Waals surface area contributed by atoms with E-state index in [1.165, 1.54) is 19.3 Å². The molecule has 2 aromatic rings. The van der Waals surface area contributed by atoms with Crippen LogP contribution in [0, 0.1) is 0 Å². The minimum absolute atomic E-state index is 0.197. The van der Waals surface area contributed by atoms with Gasteiger partial charge in [-0.05, 0) is 44.9 Å². The number of para-hydroxylation sites is 1. The third-order valence-electron chi connectivity index (χ3n) is 5.82. The van der Waals surface area contributed by atoms with Crippen LogP contribution in [-0.2, 0) is 11.3 Å². The third kappa shape index (κ3) is 4.02. The summed E-state index contributed by atoms with van der Waals surface area (Å²) < 4.78 is 10.3. The largest absolute Gasteiger partial charge is 0.377 e. The molecule has 0 saturated carbocycles. The Hall–Kier alpha value is -2.45. The maximum absolute atomic E-state index is 12.7. The van der Waals surface area contributed by atoms with Crippen LogP contribution in [-0.4, -0.2) is 53.4 Å². The maximum atomic E-state index is 12.7. The van der Waals surface area contributed by atoms with Crippen LogP contribution in [0.2, 0.25) is 0 Å². The van der Waals surface area contributed by atoms with E-state index in [2.05, 4.69) is 32.7 Å². The van der Waals surface area contributed by atoms with Crippen molar-refractivity contribution in [3.05, 3.63) is 30.1 Å². The van der Waals surface area contributed by atoms with Gasteiger partial charge in [0.15, 0.2) is 5.82 Å². The molecule has 0 radical (unpaired) electrons. The van der Waals surface area contributed by atoms with E-state index in [9.17, 15) is 4.79 Å². The number of methoxy groups -OCH3 is 1. The van der Waals surface area contributed by atoms with Crippen molar-refractivity contribution in [1.29, 1.82) is 0 Å². The van der Waals surface area contributed by atoms with E-state index in [1.807, 2.05) is 24.3 Å². The van der Waals surface area contributed by atoms with Gasteiger partial charge in [-0.2, -0.15) is 4.98 Å². The minimum atomic E-state index is -0.197. The first-order chi connectivity index (χ1) is 13.6. The number of rotatable bonds is 5. The number of carbonyl (C=O) groups excluding carboxylic acids is 1. The lowest BCUT2D eigenvalue weighted by molar-refractivity contribution is 0.0513. The van der Waals surface area contributed by atoms with E-state index in [0.29, 0.717) is 35.0 Å². The Morgan fingerprint density at radius 1 is 1.29 bits per heavy atom.